The molecule has 1 unspecified atom stereocenters. The summed E-state index contributed by atoms with van der Waals surface area (Å²) < 4.78 is 15.6. The lowest BCUT2D eigenvalue weighted by atomic mass is 10.2. The molecule has 0 bridgehead atoms. The zero-order valence-corrected chi connectivity index (χ0v) is 3.69. The summed E-state index contributed by atoms with van der Waals surface area (Å²) in [5.41, 5.74) is 0. The van der Waals surface area contributed by atoms with E-state index < -0.39 is 12.8 Å². The number of alkyl halides is 1. The van der Waals surface area contributed by atoms with E-state index >= 15 is 0 Å². The molecule has 0 saturated carbocycles. The number of hydrogen-bond acceptors (Lipinski definition) is 2. The number of hydrogen-bond donors (Lipinski definition) is 0. The van der Waals surface area contributed by atoms with Crippen molar-refractivity contribution in [2.24, 2.45) is 0 Å². The number of carbonyl (C=O) groups is 1. The summed E-state index contributed by atoms with van der Waals surface area (Å²) in [7, 11) is 0. The SMILES string of the molecule is O=C1CC(CF)O1. The number of esters is 1. The Labute approximate surface area is 40.3 Å². The van der Waals surface area contributed by atoms with Crippen LogP contribution in [0.4, 0.5) is 4.39 Å². The highest BCUT2D eigenvalue weighted by Crippen LogP contribution is 2.12. The van der Waals surface area contributed by atoms with Crippen molar-refractivity contribution >= 4 is 5.97 Å². The predicted molar refractivity (Wildman–Crippen MR) is 20.5 cm³/mol. The third-order valence-corrected chi connectivity index (χ3v) is 0.865. The lowest BCUT2D eigenvalue weighted by Gasteiger charge is -2.21. The third kappa shape index (κ3) is 0.706. The molecule has 3 heteroatoms. The molecule has 0 amide bonds. The van der Waals surface area contributed by atoms with Gasteiger partial charge in [-0.3, -0.25) is 4.79 Å². The normalized spacial score (nSPS) is 28.7. The smallest absolute Gasteiger partial charge is 0.310 e. The van der Waals surface area contributed by atoms with Crippen LogP contribution < -0.4 is 0 Å². The molecule has 1 heterocycles. The van der Waals surface area contributed by atoms with Crippen molar-refractivity contribution in [3.8, 4) is 0 Å². The minimum absolute atomic E-state index is 0.260. The lowest BCUT2D eigenvalue weighted by Crippen LogP contribution is -2.34. The molecule has 1 fully saturated rings. The molecule has 40 valence electrons. The van der Waals surface area contributed by atoms with Crippen molar-refractivity contribution in [3.05, 3.63) is 0 Å². The van der Waals surface area contributed by atoms with Gasteiger partial charge in [-0.2, -0.15) is 0 Å². The zero-order valence-electron chi connectivity index (χ0n) is 3.69. The minimum atomic E-state index is -0.536. The third-order valence-electron chi connectivity index (χ3n) is 0.865. The molecule has 0 spiro atoms. The van der Waals surface area contributed by atoms with Gasteiger partial charge in [0, 0.05) is 0 Å². The van der Waals surface area contributed by atoms with Crippen molar-refractivity contribution in [2.45, 2.75) is 12.5 Å². The van der Waals surface area contributed by atoms with Gasteiger partial charge in [0.05, 0.1) is 6.42 Å². The molecule has 0 aromatic rings. The van der Waals surface area contributed by atoms with Crippen molar-refractivity contribution in [3.63, 3.8) is 0 Å². The summed E-state index contributed by atoms with van der Waals surface area (Å²) in [6, 6.07) is 0. The summed E-state index contributed by atoms with van der Waals surface area (Å²) in [6.45, 7) is -0.536. The Morgan fingerprint density at radius 1 is 2.00 bits per heavy atom. The Morgan fingerprint density at radius 3 is 2.71 bits per heavy atom. The van der Waals surface area contributed by atoms with Gasteiger partial charge in [0.25, 0.3) is 0 Å². The first-order valence-electron chi connectivity index (χ1n) is 2.08. The van der Waals surface area contributed by atoms with Crippen LogP contribution in [-0.4, -0.2) is 18.7 Å². The van der Waals surface area contributed by atoms with Crippen LogP contribution in [0, 0.1) is 0 Å². The molecule has 7 heavy (non-hydrogen) atoms. The van der Waals surface area contributed by atoms with Crippen molar-refractivity contribution in [2.75, 3.05) is 6.67 Å². The summed E-state index contributed by atoms with van der Waals surface area (Å²) in [5, 5.41) is 0. The Morgan fingerprint density at radius 2 is 2.57 bits per heavy atom. The molecule has 0 aromatic carbocycles. The molecular weight excluding hydrogens is 99.0 g/mol. The molecule has 0 radical (unpaired) electrons. The van der Waals surface area contributed by atoms with Gasteiger partial charge in [0.1, 0.15) is 12.8 Å². The molecule has 1 aliphatic rings. The number of halogens is 1. The Bertz CT molecular complexity index is 83.7. The Balaban J connectivity index is 2.17. The van der Waals surface area contributed by atoms with Crippen molar-refractivity contribution in [1.29, 1.82) is 0 Å². The summed E-state index contributed by atoms with van der Waals surface area (Å²) in [4.78, 5) is 9.88. The fraction of sp³-hybridized carbons (Fsp3) is 0.750. The van der Waals surface area contributed by atoms with E-state index in [1.165, 1.54) is 0 Å². The van der Waals surface area contributed by atoms with Crippen molar-refractivity contribution < 1.29 is 13.9 Å². The molecule has 0 aromatic heterocycles. The van der Waals surface area contributed by atoms with Gasteiger partial charge >= 0.3 is 5.97 Å². The van der Waals surface area contributed by atoms with Gasteiger partial charge in [-0.25, -0.2) is 4.39 Å². The molecule has 1 rings (SSSR count). The fourth-order valence-electron chi connectivity index (χ4n) is 0.448. The number of carbonyl (C=O) groups excluding carboxylic acids is 1. The highest BCUT2D eigenvalue weighted by atomic mass is 19.1. The first-order valence-corrected chi connectivity index (χ1v) is 2.08. The van der Waals surface area contributed by atoms with Crippen LogP contribution in [0.15, 0.2) is 0 Å². The Kier molecular flexibility index (Phi) is 0.964. The van der Waals surface area contributed by atoms with Crippen LogP contribution in [0.2, 0.25) is 0 Å². The van der Waals surface area contributed by atoms with Gasteiger partial charge in [0.15, 0.2) is 0 Å². The van der Waals surface area contributed by atoms with E-state index in [-0.39, 0.29) is 12.4 Å². The van der Waals surface area contributed by atoms with Crippen molar-refractivity contribution in [1.82, 2.24) is 0 Å². The Hall–Kier alpha value is -0.600. The summed E-state index contributed by atoms with van der Waals surface area (Å²) in [6.07, 6.45) is -0.163. The monoisotopic (exact) mass is 104 g/mol. The fourth-order valence-corrected chi connectivity index (χ4v) is 0.448. The number of rotatable bonds is 1. The van der Waals surface area contributed by atoms with Gasteiger partial charge in [-0.05, 0) is 0 Å². The maximum atomic E-state index is 11.3. The predicted octanol–water partition coefficient (Wildman–Crippen LogP) is 0.271. The van der Waals surface area contributed by atoms with Crippen LogP contribution in [0.3, 0.4) is 0 Å². The molecule has 1 aliphatic heterocycles. The van der Waals surface area contributed by atoms with E-state index in [1.807, 2.05) is 0 Å². The summed E-state index contributed by atoms with van der Waals surface area (Å²) in [5.74, 6) is -0.289. The summed E-state index contributed by atoms with van der Waals surface area (Å²) >= 11 is 0. The largest absolute Gasteiger partial charge is 0.459 e. The zero-order chi connectivity index (χ0) is 5.28. The first kappa shape index (κ1) is 4.56. The first-order chi connectivity index (χ1) is 3.33. The quantitative estimate of drug-likeness (QED) is 0.446. The van der Waals surface area contributed by atoms with Crippen LogP contribution >= 0.6 is 0 Å². The maximum Gasteiger partial charge on any atom is 0.310 e. The van der Waals surface area contributed by atoms with Crippen LogP contribution in [0.5, 0.6) is 0 Å². The van der Waals surface area contributed by atoms with E-state index in [9.17, 15) is 9.18 Å². The van der Waals surface area contributed by atoms with Crippen LogP contribution in [-0.2, 0) is 9.53 Å². The molecule has 2 nitrogen and oxygen atoms in total. The average Bonchev–Trinajstić information content (AvgIpc) is 1.58. The maximum absolute atomic E-state index is 11.3. The number of cyclic esters (lactones) is 1. The van der Waals surface area contributed by atoms with Gasteiger partial charge in [-0.1, -0.05) is 0 Å². The minimum Gasteiger partial charge on any atom is -0.459 e. The van der Waals surface area contributed by atoms with Crippen LogP contribution in [0.1, 0.15) is 6.42 Å². The molecular formula is C4H5FO2. The number of ether oxygens (including phenoxy) is 1. The van der Waals surface area contributed by atoms with E-state index in [0.717, 1.165) is 0 Å². The van der Waals surface area contributed by atoms with Gasteiger partial charge < -0.3 is 4.74 Å². The standard InChI is InChI=1S/C4H5FO2/c5-2-3-1-4(6)7-3/h3H,1-2H2. The van der Waals surface area contributed by atoms with Gasteiger partial charge in [0.2, 0.25) is 0 Å². The molecule has 1 saturated heterocycles. The molecule has 1 atom stereocenters. The van der Waals surface area contributed by atoms with E-state index in [4.69, 9.17) is 0 Å². The average molecular weight is 104 g/mol. The van der Waals surface area contributed by atoms with Gasteiger partial charge in [-0.15, -0.1) is 0 Å². The van der Waals surface area contributed by atoms with E-state index in [2.05, 4.69) is 4.74 Å². The second-order valence-corrected chi connectivity index (χ2v) is 1.47. The molecule has 0 N–H and O–H groups in total. The van der Waals surface area contributed by atoms with E-state index in [0.29, 0.717) is 0 Å². The topological polar surface area (TPSA) is 26.3 Å². The molecule has 0 aliphatic carbocycles. The lowest BCUT2D eigenvalue weighted by molar-refractivity contribution is -0.170. The second kappa shape index (κ2) is 1.48. The van der Waals surface area contributed by atoms with E-state index in [1.54, 1.807) is 0 Å². The second-order valence-electron chi connectivity index (χ2n) is 1.47. The highest BCUT2D eigenvalue weighted by Gasteiger charge is 2.27. The highest BCUT2D eigenvalue weighted by molar-refractivity contribution is 5.75. The van der Waals surface area contributed by atoms with Crippen LogP contribution in [0.25, 0.3) is 0 Å².